The van der Waals surface area contributed by atoms with Crippen LogP contribution in [0.15, 0.2) is 36.4 Å². The molecule has 0 saturated carbocycles. The van der Waals surface area contributed by atoms with E-state index in [0.29, 0.717) is 5.69 Å². The summed E-state index contributed by atoms with van der Waals surface area (Å²) >= 11 is 0. The number of para-hydroxylation sites is 1. The van der Waals surface area contributed by atoms with Gasteiger partial charge in [0.05, 0.1) is 7.11 Å². The second-order valence-electron chi connectivity index (χ2n) is 3.90. The Labute approximate surface area is 113 Å². The van der Waals surface area contributed by atoms with Crippen molar-refractivity contribution in [2.24, 2.45) is 0 Å². The number of hydrogen-bond acceptors (Lipinski definition) is 4. The molecule has 2 aromatic rings. The van der Waals surface area contributed by atoms with Crippen LogP contribution in [0, 0.1) is 11.6 Å². The van der Waals surface area contributed by atoms with E-state index in [-0.39, 0.29) is 11.3 Å². The van der Waals surface area contributed by atoms with Gasteiger partial charge in [0.25, 0.3) is 0 Å². The molecular weight excluding hydrogens is 268 g/mol. The van der Waals surface area contributed by atoms with Crippen LogP contribution in [0.3, 0.4) is 0 Å². The lowest BCUT2D eigenvalue weighted by molar-refractivity contribution is 0.0597. The lowest BCUT2D eigenvalue weighted by Crippen LogP contribution is -2.05. The van der Waals surface area contributed by atoms with Crippen molar-refractivity contribution >= 4 is 11.7 Å². The fourth-order valence-corrected chi connectivity index (χ4v) is 1.60. The number of nitrogens with two attached hydrogens (primary N) is 1. The highest BCUT2D eigenvalue weighted by atomic mass is 19.1. The summed E-state index contributed by atoms with van der Waals surface area (Å²) in [5, 5.41) is 0. The number of benzene rings is 2. The first-order valence-electron chi connectivity index (χ1n) is 5.62. The van der Waals surface area contributed by atoms with Crippen LogP contribution >= 0.6 is 0 Å². The number of carbonyl (C=O) groups is 1. The number of methoxy groups -OCH3 is 1. The summed E-state index contributed by atoms with van der Waals surface area (Å²) in [5.74, 6) is -3.11. The maximum Gasteiger partial charge on any atom is 0.341 e. The van der Waals surface area contributed by atoms with Crippen molar-refractivity contribution in [1.82, 2.24) is 0 Å². The SMILES string of the molecule is COC(=O)c1cc(N)ccc1Oc1c(F)cccc1F. The van der Waals surface area contributed by atoms with E-state index in [1.165, 1.54) is 31.4 Å². The van der Waals surface area contributed by atoms with Crippen LogP contribution in [0.2, 0.25) is 0 Å². The van der Waals surface area contributed by atoms with Crippen molar-refractivity contribution in [3.8, 4) is 11.5 Å². The molecule has 0 aliphatic rings. The highest BCUT2D eigenvalue weighted by Crippen LogP contribution is 2.31. The summed E-state index contributed by atoms with van der Waals surface area (Å²) in [7, 11) is 1.18. The van der Waals surface area contributed by atoms with Crippen molar-refractivity contribution in [2.45, 2.75) is 0 Å². The summed E-state index contributed by atoms with van der Waals surface area (Å²) < 4.78 is 36.8. The molecule has 0 amide bonds. The van der Waals surface area contributed by atoms with Crippen molar-refractivity contribution < 1.29 is 23.0 Å². The summed E-state index contributed by atoms with van der Waals surface area (Å²) in [4.78, 5) is 11.6. The normalized spacial score (nSPS) is 10.2. The van der Waals surface area contributed by atoms with E-state index < -0.39 is 23.4 Å². The number of nitrogen functional groups attached to an aromatic ring is 1. The van der Waals surface area contributed by atoms with Crippen LogP contribution in [0.5, 0.6) is 11.5 Å². The van der Waals surface area contributed by atoms with Crippen LogP contribution in [-0.2, 0) is 4.74 Å². The topological polar surface area (TPSA) is 61.5 Å². The molecule has 0 radical (unpaired) electrons. The zero-order valence-corrected chi connectivity index (χ0v) is 10.5. The maximum absolute atomic E-state index is 13.5. The van der Waals surface area contributed by atoms with Crippen molar-refractivity contribution in [1.29, 1.82) is 0 Å². The van der Waals surface area contributed by atoms with E-state index >= 15 is 0 Å². The third-order valence-corrected chi connectivity index (χ3v) is 2.54. The minimum Gasteiger partial charge on any atom is -0.465 e. The Morgan fingerprint density at radius 1 is 1.15 bits per heavy atom. The van der Waals surface area contributed by atoms with Gasteiger partial charge in [0.2, 0.25) is 0 Å². The fourth-order valence-electron chi connectivity index (χ4n) is 1.60. The Hall–Kier alpha value is -2.63. The first-order chi connectivity index (χ1) is 9.52. The van der Waals surface area contributed by atoms with Gasteiger partial charge in [-0.15, -0.1) is 0 Å². The quantitative estimate of drug-likeness (QED) is 0.692. The molecule has 0 fully saturated rings. The van der Waals surface area contributed by atoms with Crippen LogP contribution in [-0.4, -0.2) is 13.1 Å². The monoisotopic (exact) mass is 279 g/mol. The molecule has 20 heavy (non-hydrogen) atoms. The molecule has 2 rings (SSSR count). The summed E-state index contributed by atoms with van der Waals surface area (Å²) in [5.41, 5.74) is 5.84. The van der Waals surface area contributed by atoms with Gasteiger partial charge in [-0.2, -0.15) is 0 Å². The number of hydrogen-bond donors (Lipinski definition) is 1. The zero-order valence-electron chi connectivity index (χ0n) is 10.5. The number of halogens is 2. The smallest absolute Gasteiger partial charge is 0.341 e. The van der Waals surface area contributed by atoms with Gasteiger partial charge in [-0.25, -0.2) is 13.6 Å². The van der Waals surface area contributed by atoms with E-state index in [2.05, 4.69) is 4.74 Å². The molecule has 104 valence electrons. The van der Waals surface area contributed by atoms with Gasteiger partial charge < -0.3 is 15.2 Å². The molecule has 0 bridgehead atoms. The number of anilines is 1. The van der Waals surface area contributed by atoms with Gasteiger partial charge in [0, 0.05) is 5.69 Å². The number of rotatable bonds is 3. The standard InChI is InChI=1S/C14H11F2NO3/c1-19-14(18)9-7-8(17)5-6-12(9)20-13-10(15)3-2-4-11(13)16/h2-7H,17H2,1H3. The Kier molecular flexibility index (Phi) is 3.84. The van der Waals surface area contributed by atoms with Crippen molar-refractivity contribution in [3.05, 3.63) is 53.6 Å². The molecule has 0 heterocycles. The Morgan fingerprint density at radius 2 is 1.80 bits per heavy atom. The first-order valence-corrected chi connectivity index (χ1v) is 5.62. The molecule has 2 N–H and O–H groups in total. The van der Waals surface area contributed by atoms with E-state index in [0.717, 1.165) is 12.1 Å². The summed E-state index contributed by atoms with van der Waals surface area (Å²) in [6.07, 6.45) is 0. The highest BCUT2D eigenvalue weighted by Gasteiger charge is 2.17. The summed E-state index contributed by atoms with van der Waals surface area (Å²) in [6.45, 7) is 0. The second kappa shape index (κ2) is 5.56. The number of carbonyl (C=O) groups excluding carboxylic acids is 1. The first kappa shape index (κ1) is 13.8. The van der Waals surface area contributed by atoms with E-state index in [1.807, 2.05) is 0 Å². The molecule has 0 aliphatic heterocycles. The summed E-state index contributed by atoms with van der Waals surface area (Å²) in [6, 6.07) is 7.40. The average Bonchev–Trinajstić information content (AvgIpc) is 2.43. The zero-order chi connectivity index (χ0) is 14.7. The van der Waals surface area contributed by atoms with Gasteiger partial charge in [0.15, 0.2) is 17.4 Å². The number of esters is 1. The lowest BCUT2D eigenvalue weighted by atomic mass is 10.2. The predicted octanol–water partition coefficient (Wildman–Crippen LogP) is 3.13. The largest absolute Gasteiger partial charge is 0.465 e. The molecule has 0 spiro atoms. The highest BCUT2D eigenvalue weighted by molar-refractivity contribution is 5.93. The molecule has 0 aromatic heterocycles. The van der Waals surface area contributed by atoms with Gasteiger partial charge >= 0.3 is 5.97 Å². The van der Waals surface area contributed by atoms with E-state index in [1.54, 1.807) is 0 Å². The van der Waals surface area contributed by atoms with Crippen LogP contribution in [0.1, 0.15) is 10.4 Å². The molecule has 4 nitrogen and oxygen atoms in total. The minimum atomic E-state index is -0.877. The van der Waals surface area contributed by atoms with Gasteiger partial charge in [0.1, 0.15) is 11.3 Å². The van der Waals surface area contributed by atoms with Gasteiger partial charge in [-0.1, -0.05) is 6.07 Å². The molecule has 0 saturated heterocycles. The van der Waals surface area contributed by atoms with Crippen molar-refractivity contribution in [3.63, 3.8) is 0 Å². The van der Waals surface area contributed by atoms with Gasteiger partial charge in [-0.05, 0) is 30.3 Å². The van der Waals surface area contributed by atoms with Crippen LogP contribution < -0.4 is 10.5 Å². The second-order valence-corrected chi connectivity index (χ2v) is 3.90. The van der Waals surface area contributed by atoms with Gasteiger partial charge in [-0.3, -0.25) is 0 Å². The molecule has 2 aromatic carbocycles. The predicted molar refractivity (Wildman–Crippen MR) is 68.6 cm³/mol. The Bertz CT molecular complexity index is 639. The molecule has 0 unspecified atom stereocenters. The molecule has 0 aliphatic carbocycles. The Morgan fingerprint density at radius 3 is 2.40 bits per heavy atom. The van der Waals surface area contributed by atoms with Crippen molar-refractivity contribution in [2.75, 3.05) is 12.8 Å². The molecule has 6 heteroatoms. The maximum atomic E-state index is 13.5. The fraction of sp³-hybridized carbons (Fsp3) is 0.0714. The lowest BCUT2D eigenvalue weighted by Gasteiger charge is -2.11. The third kappa shape index (κ3) is 2.69. The average molecular weight is 279 g/mol. The Balaban J connectivity index is 2.46. The molecular formula is C14H11F2NO3. The number of ether oxygens (including phenoxy) is 2. The third-order valence-electron chi connectivity index (χ3n) is 2.54. The van der Waals surface area contributed by atoms with E-state index in [4.69, 9.17) is 10.5 Å². The van der Waals surface area contributed by atoms with E-state index in [9.17, 15) is 13.6 Å². The molecule has 0 atom stereocenters. The minimum absolute atomic E-state index is 0.0184. The van der Waals surface area contributed by atoms with Crippen LogP contribution in [0.4, 0.5) is 14.5 Å². The van der Waals surface area contributed by atoms with Crippen LogP contribution in [0.25, 0.3) is 0 Å².